The molecule has 2 saturated heterocycles. The lowest BCUT2D eigenvalue weighted by Crippen LogP contribution is -2.54. The molecule has 12 nitrogen and oxygen atoms in total. The number of hydrogen-bond donors (Lipinski definition) is 2. The summed E-state index contributed by atoms with van der Waals surface area (Å²) < 4.78 is 26.8. The third-order valence-electron chi connectivity index (χ3n) is 6.87. The summed E-state index contributed by atoms with van der Waals surface area (Å²) in [7, 11) is -3.19. The van der Waals surface area contributed by atoms with Crippen LogP contribution in [0.3, 0.4) is 0 Å². The van der Waals surface area contributed by atoms with Gasteiger partial charge in [-0.25, -0.2) is 12.7 Å². The van der Waals surface area contributed by atoms with Gasteiger partial charge in [0.05, 0.1) is 29.6 Å². The van der Waals surface area contributed by atoms with Gasteiger partial charge in [0.15, 0.2) is 0 Å². The first-order valence-electron chi connectivity index (χ1n) is 11.7. The lowest BCUT2D eigenvalue weighted by atomic mass is 10.0. The predicted molar refractivity (Wildman–Crippen MR) is 127 cm³/mol. The zero-order valence-corrected chi connectivity index (χ0v) is 20.5. The van der Waals surface area contributed by atoms with Gasteiger partial charge in [0, 0.05) is 43.5 Å². The lowest BCUT2D eigenvalue weighted by molar-refractivity contribution is -0.136. The van der Waals surface area contributed by atoms with Crippen LogP contribution in [0.1, 0.15) is 58.0 Å². The molecule has 2 fully saturated rings. The number of nitrogens with one attached hydrogen (secondary N) is 2. The van der Waals surface area contributed by atoms with E-state index in [1.807, 2.05) is 10.9 Å². The standard InChI is InChI=1S/C23H26N6O6S/c1-36(34,35)27-9-7-15(8-10-27)28-13-14(12-25-28)11-24-17-4-2-3-16-20(17)23(33)29(22(16)32)18-5-6-19(30)26-21(18)31/h2-4,12-13,15,18,24H,5-11H2,1H3,(H,26,30,31). The van der Waals surface area contributed by atoms with Gasteiger partial charge in [0.2, 0.25) is 21.8 Å². The van der Waals surface area contributed by atoms with Crippen LogP contribution in [0.25, 0.3) is 0 Å². The van der Waals surface area contributed by atoms with Crippen molar-refractivity contribution in [3.63, 3.8) is 0 Å². The summed E-state index contributed by atoms with van der Waals surface area (Å²) in [4.78, 5) is 50.9. The molecule has 0 bridgehead atoms. The van der Waals surface area contributed by atoms with E-state index in [1.165, 1.54) is 10.6 Å². The second-order valence-electron chi connectivity index (χ2n) is 9.25. The monoisotopic (exact) mass is 514 g/mol. The Hall–Kier alpha value is -3.58. The van der Waals surface area contributed by atoms with E-state index in [9.17, 15) is 27.6 Å². The van der Waals surface area contributed by atoms with Gasteiger partial charge < -0.3 is 5.32 Å². The van der Waals surface area contributed by atoms with Crippen LogP contribution in [-0.4, -0.2) is 76.4 Å². The minimum absolute atomic E-state index is 0.0617. The van der Waals surface area contributed by atoms with Gasteiger partial charge in [-0.3, -0.25) is 34.1 Å². The molecule has 0 aliphatic carbocycles. The van der Waals surface area contributed by atoms with Crippen molar-refractivity contribution in [2.75, 3.05) is 24.7 Å². The number of amides is 4. The Balaban J connectivity index is 1.27. The van der Waals surface area contributed by atoms with Crippen LogP contribution in [0.5, 0.6) is 0 Å². The maximum Gasteiger partial charge on any atom is 0.264 e. The largest absolute Gasteiger partial charge is 0.380 e. The summed E-state index contributed by atoms with van der Waals surface area (Å²) in [5.41, 5.74) is 1.74. The zero-order chi connectivity index (χ0) is 25.6. The van der Waals surface area contributed by atoms with Crippen molar-refractivity contribution in [1.82, 2.24) is 24.3 Å². The average molecular weight is 515 g/mol. The van der Waals surface area contributed by atoms with Crippen molar-refractivity contribution in [3.05, 3.63) is 47.3 Å². The van der Waals surface area contributed by atoms with E-state index in [4.69, 9.17) is 0 Å². The Morgan fingerprint density at radius 2 is 1.83 bits per heavy atom. The van der Waals surface area contributed by atoms with Gasteiger partial charge in [-0.1, -0.05) is 6.07 Å². The Morgan fingerprint density at radius 1 is 1.08 bits per heavy atom. The number of carbonyl (C=O) groups is 4. The van der Waals surface area contributed by atoms with E-state index >= 15 is 0 Å². The van der Waals surface area contributed by atoms with Gasteiger partial charge in [0.1, 0.15) is 6.04 Å². The minimum Gasteiger partial charge on any atom is -0.380 e. The number of piperidine rings is 2. The van der Waals surface area contributed by atoms with E-state index in [1.54, 1.807) is 24.4 Å². The van der Waals surface area contributed by atoms with Crippen LogP contribution in [0.4, 0.5) is 5.69 Å². The highest BCUT2D eigenvalue weighted by atomic mass is 32.2. The van der Waals surface area contributed by atoms with E-state index in [0.717, 1.165) is 10.5 Å². The molecule has 2 N–H and O–H groups in total. The molecule has 1 aromatic carbocycles. The molecule has 1 unspecified atom stereocenters. The van der Waals surface area contributed by atoms with Crippen molar-refractivity contribution in [2.24, 2.45) is 0 Å². The van der Waals surface area contributed by atoms with Gasteiger partial charge in [-0.15, -0.1) is 0 Å². The number of aromatic nitrogens is 2. The van der Waals surface area contributed by atoms with Gasteiger partial charge in [-0.2, -0.15) is 5.10 Å². The Labute approximate surface area is 207 Å². The summed E-state index contributed by atoms with van der Waals surface area (Å²) in [6.07, 6.45) is 6.31. The average Bonchev–Trinajstić information content (AvgIpc) is 3.41. The van der Waals surface area contributed by atoms with Crippen molar-refractivity contribution in [3.8, 4) is 0 Å². The van der Waals surface area contributed by atoms with E-state index in [2.05, 4.69) is 15.7 Å². The highest BCUT2D eigenvalue weighted by molar-refractivity contribution is 7.88. The molecule has 0 radical (unpaired) electrons. The van der Waals surface area contributed by atoms with Crippen LogP contribution in [0.2, 0.25) is 0 Å². The predicted octanol–water partition coefficient (Wildman–Crippen LogP) is 0.493. The fourth-order valence-electron chi connectivity index (χ4n) is 4.97. The molecule has 1 atom stereocenters. The first-order valence-corrected chi connectivity index (χ1v) is 13.5. The molecular formula is C23H26N6O6S. The molecule has 13 heteroatoms. The third kappa shape index (κ3) is 4.39. The third-order valence-corrected chi connectivity index (χ3v) is 8.18. The van der Waals surface area contributed by atoms with Crippen LogP contribution in [0, 0.1) is 0 Å². The number of nitrogens with zero attached hydrogens (tertiary/aromatic N) is 4. The smallest absolute Gasteiger partial charge is 0.264 e. The molecule has 36 heavy (non-hydrogen) atoms. The summed E-state index contributed by atoms with van der Waals surface area (Å²) in [6.45, 7) is 1.25. The molecule has 5 rings (SSSR count). The van der Waals surface area contributed by atoms with Gasteiger partial charge in [0.25, 0.3) is 11.8 Å². The van der Waals surface area contributed by atoms with Gasteiger partial charge >= 0.3 is 0 Å². The highest BCUT2D eigenvalue weighted by Gasteiger charge is 2.45. The molecule has 4 heterocycles. The molecule has 3 aliphatic rings. The summed E-state index contributed by atoms with van der Waals surface area (Å²) in [6, 6.07) is 3.99. The van der Waals surface area contributed by atoms with Crippen LogP contribution < -0.4 is 10.6 Å². The molecule has 1 aromatic heterocycles. The molecule has 0 saturated carbocycles. The fraction of sp³-hybridized carbons (Fsp3) is 0.435. The highest BCUT2D eigenvalue weighted by Crippen LogP contribution is 2.32. The number of carbonyl (C=O) groups excluding carboxylic acids is 4. The Kier molecular flexibility index (Phi) is 6.12. The molecular weight excluding hydrogens is 488 g/mol. The van der Waals surface area contributed by atoms with Crippen molar-refractivity contribution in [1.29, 1.82) is 0 Å². The van der Waals surface area contributed by atoms with Crippen molar-refractivity contribution >= 4 is 39.3 Å². The summed E-state index contributed by atoms with van der Waals surface area (Å²) >= 11 is 0. The number of hydrogen-bond acceptors (Lipinski definition) is 8. The van der Waals surface area contributed by atoms with E-state index < -0.39 is 39.7 Å². The SMILES string of the molecule is CS(=O)(=O)N1CCC(n2cc(CNc3cccc4c3C(=O)N(C3CCC(=O)NC3=O)C4=O)cn2)CC1. The number of anilines is 1. The molecule has 2 aromatic rings. The molecule has 0 spiro atoms. The quantitative estimate of drug-likeness (QED) is 0.529. The summed E-state index contributed by atoms with van der Waals surface area (Å²) in [5.74, 6) is -2.19. The first kappa shape index (κ1) is 24.1. The minimum atomic E-state index is -3.19. The normalized spacial score (nSPS) is 21.6. The van der Waals surface area contributed by atoms with Gasteiger partial charge in [-0.05, 0) is 31.4 Å². The maximum atomic E-state index is 13.2. The van der Waals surface area contributed by atoms with E-state index in [-0.39, 0.29) is 30.0 Å². The second-order valence-corrected chi connectivity index (χ2v) is 11.2. The lowest BCUT2D eigenvalue weighted by Gasteiger charge is -2.30. The zero-order valence-electron chi connectivity index (χ0n) is 19.6. The van der Waals surface area contributed by atoms with Crippen LogP contribution >= 0.6 is 0 Å². The molecule has 190 valence electrons. The molecule has 4 amide bonds. The Bertz CT molecular complexity index is 1360. The number of benzene rings is 1. The van der Waals surface area contributed by atoms with E-state index in [0.29, 0.717) is 38.2 Å². The number of sulfonamides is 1. The van der Waals surface area contributed by atoms with Crippen molar-refractivity contribution < 1.29 is 27.6 Å². The maximum absolute atomic E-state index is 13.2. The van der Waals surface area contributed by atoms with Crippen LogP contribution in [0.15, 0.2) is 30.6 Å². The Morgan fingerprint density at radius 3 is 2.53 bits per heavy atom. The second kappa shape index (κ2) is 9.13. The topological polar surface area (TPSA) is 151 Å². The van der Waals surface area contributed by atoms with Crippen LogP contribution in [-0.2, 0) is 26.2 Å². The summed E-state index contributed by atoms with van der Waals surface area (Å²) in [5, 5.41) is 9.83. The fourth-order valence-corrected chi connectivity index (χ4v) is 5.84. The number of fused-ring (bicyclic) bond motifs is 1. The number of rotatable bonds is 6. The molecule has 3 aliphatic heterocycles. The number of imide groups is 2. The van der Waals surface area contributed by atoms with Crippen molar-refractivity contribution in [2.45, 2.75) is 44.3 Å². The first-order chi connectivity index (χ1) is 17.1.